The standard InChI is InChI=1S/C15H26N2O4/c1-17(7-8-21-10-12-3-4-12)14(20)16-11-15(5-2-6-15)9-13(18)19/h12H,2-11H2,1H3,(H,16,20)(H,18,19). The molecule has 0 aromatic heterocycles. The number of nitrogens with one attached hydrogen (secondary N) is 1. The number of urea groups is 1. The van der Waals surface area contributed by atoms with Crippen molar-refractivity contribution in [2.75, 3.05) is 33.4 Å². The van der Waals surface area contributed by atoms with Crippen LogP contribution in [0.3, 0.4) is 0 Å². The van der Waals surface area contributed by atoms with Crippen LogP contribution in [0.25, 0.3) is 0 Å². The van der Waals surface area contributed by atoms with Gasteiger partial charge in [0.2, 0.25) is 0 Å². The van der Waals surface area contributed by atoms with Crippen LogP contribution in [0.1, 0.15) is 38.5 Å². The van der Waals surface area contributed by atoms with Crippen molar-refractivity contribution >= 4 is 12.0 Å². The third-order valence-corrected chi connectivity index (χ3v) is 4.52. The van der Waals surface area contributed by atoms with Crippen molar-refractivity contribution < 1.29 is 19.4 Å². The van der Waals surface area contributed by atoms with Crippen molar-refractivity contribution in [2.45, 2.75) is 38.5 Å². The molecule has 21 heavy (non-hydrogen) atoms. The van der Waals surface area contributed by atoms with E-state index in [2.05, 4.69) is 5.32 Å². The largest absolute Gasteiger partial charge is 0.481 e. The molecular weight excluding hydrogens is 272 g/mol. The van der Waals surface area contributed by atoms with Gasteiger partial charge in [-0.2, -0.15) is 0 Å². The molecule has 2 aliphatic rings. The minimum Gasteiger partial charge on any atom is -0.481 e. The van der Waals surface area contributed by atoms with Crippen molar-refractivity contribution in [1.82, 2.24) is 10.2 Å². The second-order valence-corrected chi connectivity index (χ2v) is 6.52. The molecule has 2 rings (SSSR count). The minimum absolute atomic E-state index is 0.140. The van der Waals surface area contributed by atoms with Crippen LogP contribution in [0.4, 0.5) is 4.79 Å². The van der Waals surface area contributed by atoms with Crippen LogP contribution in [0.5, 0.6) is 0 Å². The summed E-state index contributed by atoms with van der Waals surface area (Å²) in [5.74, 6) is -0.0515. The molecule has 0 aliphatic heterocycles. The Balaban J connectivity index is 1.61. The third kappa shape index (κ3) is 5.19. The molecule has 0 saturated heterocycles. The van der Waals surface area contributed by atoms with E-state index in [1.807, 2.05) is 0 Å². The zero-order chi connectivity index (χ0) is 15.3. The lowest BCUT2D eigenvalue weighted by Gasteiger charge is -2.41. The SMILES string of the molecule is CN(CCOCC1CC1)C(=O)NCC1(CC(=O)O)CCC1. The van der Waals surface area contributed by atoms with E-state index in [0.29, 0.717) is 19.7 Å². The number of nitrogens with zero attached hydrogens (tertiary/aromatic N) is 1. The average molecular weight is 298 g/mol. The number of carbonyl (C=O) groups is 2. The lowest BCUT2D eigenvalue weighted by Crippen LogP contribution is -2.47. The maximum Gasteiger partial charge on any atom is 0.317 e. The van der Waals surface area contributed by atoms with Gasteiger partial charge in [0.15, 0.2) is 0 Å². The predicted molar refractivity (Wildman–Crippen MR) is 78.1 cm³/mol. The Morgan fingerprint density at radius 1 is 1.38 bits per heavy atom. The van der Waals surface area contributed by atoms with E-state index >= 15 is 0 Å². The number of hydrogen-bond acceptors (Lipinski definition) is 3. The van der Waals surface area contributed by atoms with Crippen LogP contribution >= 0.6 is 0 Å². The van der Waals surface area contributed by atoms with Gasteiger partial charge in [-0.3, -0.25) is 4.79 Å². The molecule has 2 fully saturated rings. The van der Waals surface area contributed by atoms with Gasteiger partial charge >= 0.3 is 12.0 Å². The molecule has 0 aromatic rings. The average Bonchev–Trinajstić information content (AvgIpc) is 3.20. The van der Waals surface area contributed by atoms with Gasteiger partial charge < -0.3 is 20.1 Å². The van der Waals surface area contributed by atoms with Crippen molar-refractivity contribution in [3.63, 3.8) is 0 Å². The van der Waals surface area contributed by atoms with Gasteiger partial charge in [-0.05, 0) is 37.0 Å². The van der Waals surface area contributed by atoms with E-state index < -0.39 is 5.97 Å². The van der Waals surface area contributed by atoms with Crippen LogP contribution in [-0.2, 0) is 9.53 Å². The third-order valence-electron chi connectivity index (χ3n) is 4.52. The first-order valence-corrected chi connectivity index (χ1v) is 7.79. The Morgan fingerprint density at radius 2 is 2.10 bits per heavy atom. The molecule has 0 heterocycles. The summed E-state index contributed by atoms with van der Waals surface area (Å²) in [6.45, 7) is 2.37. The Morgan fingerprint density at radius 3 is 2.62 bits per heavy atom. The highest BCUT2D eigenvalue weighted by Gasteiger charge is 2.39. The highest BCUT2D eigenvalue weighted by atomic mass is 16.5. The fraction of sp³-hybridized carbons (Fsp3) is 0.867. The molecule has 6 nitrogen and oxygen atoms in total. The quantitative estimate of drug-likeness (QED) is 0.635. The molecule has 2 saturated carbocycles. The zero-order valence-electron chi connectivity index (χ0n) is 12.8. The van der Waals surface area contributed by atoms with E-state index in [1.165, 1.54) is 12.8 Å². The maximum absolute atomic E-state index is 12.0. The predicted octanol–water partition coefficient (Wildman–Crippen LogP) is 1.70. The molecule has 0 radical (unpaired) electrons. The summed E-state index contributed by atoms with van der Waals surface area (Å²) in [6.07, 6.45) is 5.49. The van der Waals surface area contributed by atoms with Gasteiger partial charge in [-0.15, -0.1) is 0 Å². The number of hydrogen-bond donors (Lipinski definition) is 2. The Hall–Kier alpha value is -1.30. The van der Waals surface area contributed by atoms with E-state index in [-0.39, 0.29) is 17.9 Å². The number of aliphatic carboxylic acids is 1. The number of carboxylic acids is 1. The highest BCUT2D eigenvalue weighted by Crippen LogP contribution is 2.43. The Kier molecular flexibility index (Phi) is 5.45. The molecule has 2 amide bonds. The number of ether oxygens (including phenoxy) is 1. The number of rotatable bonds is 9. The van der Waals surface area contributed by atoms with Crippen molar-refractivity contribution in [3.05, 3.63) is 0 Å². The maximum atomic E-state index is 12.0. The van der Waals surface area contributed by atoms with E-state index in [1.54, 1.807) is 11.9 Å². The molecular formula is C15H26N2O4. The fourth-order valence-corrected chi connectivity index (χ4v) is 2.65. The van der Waals surface area contributed by atoms with Gasteiger partial charge in [0.05, 0.1) is 13.0 Å². The van der Waals surface area contributed by atoms with Gasteiger partial charge in [0.25, 0.3) is 0 Å². The lowest BCUT2D eigenvalue weighted by atomic mass is 9.66. The number of carboxylic acid groups (broad SMARTS) is 1. The second-order valence-electron chi connectivity index (χ2n) is 6.52. The normalized spacial score (nSPS) is 19.7. The second kappa shape index (κ2) is 7.11. The molecule has 2 N–H and O–H groups in total. The van der Waals surface area contributed by atoms with Crippen molar-refractivity contribution in [3.8, 4) is 0 Å². The van der Waals surface area contributed by atoms with Gasteiger partial charge in [0.1, 0.15) is 0 Å². The smallest absolute Gasteiger partial charge is 0.317 e. The van der Waals surface area contributed by atoms with Crippen LogP contribution in [0.2, 0.25) is 0 Å². The Bertz CT molecular complexity index is 378. The molecule has 2 aliphatic carbocycles. The zero-order valence-corrected chi connectivity index (χ0v) is 12.8. The minimum atomic E-state index is -0.786. The van der Waals surface area contributed by atoms with Crippen LogP contribution in [0.15, 0.2) is 0 Å². The van der Waals surface area contributed by atoms with E-state index in [9.17, 15) is 9.59 Å². The number of carbonyl (C=O) groups excluding carboxylic acids is 1. The first kappa shape index (κ1) is 16.1. The van der Waals surface area contributed by atoms with Crippen LogP contribution in [0, 0.1) is 11.3 Å². The summed E-state index contributed by atoms with van der Waals surface area (Å²) in [4.78, 5) is 24.4. The van der Waals surface area contributed by atoms with Crippen molar-refractivity contribution in [2.24, 2.45) is 11.3 Å². The number of likely N-dealkylation sites (N-methyl/N-ethyl adjacent to an activating group) is 1. The number of amides is 2. The first-order valence-electron chi connectivity index (χ1n) is 7.79. The van der Waals surface area contributed by atoms with E-state index in [0.717, 1.165) is 31.8 Å². The van der Waals surface area contributed by atoms with E-state index in [4.69, 9.17) is 9.84 Å². The molecule has 0 bridgehead atoms. The van der Waals surface area contributed by atoms with Crippen molar-refractivity contribution in [1.29, 1.82) is 0 Å². The summed E-state index contributed by atoms with van der Waals surface area (Å²) < 4.78 is 5.51. The molecule has 120 valence electrons. The monoisotopic (exact) mass is 298 g/mol. The molecule has 0 aromatic carbocycles. The summed E-state index contributed by atoms with van der Waals surface area (Å²) in [5.41, 5.74) is -0.231. The van der Waals surface area contributed by atoms with Gasteiger partial charge in [-0.1, -0.05) is 6.42 Å². The molecule has 0 spiro atoms. The summed E-state index contributed by atoms with van der Waals surface area (Å²) >= 11 is 0. The highest BCUT2D eigenvalue weighted by molar-refractivity contribution is 5.74. The summed E-state index contributed by atoms with van der Waals surface area (Å²) in [7, 11) is 1.74. The lowest BCUT2D eigenvalue weighted by molar-refractivity contribution is -0.141. The summed E-state index contributed by atoms with van der Waals surface area (Å²) in [6, 6.07) is -0.151. The topological polar surface area (TPSA) is 78.9 Å². The van der Waals surface area contributed by atoms with Gasteiger partial charge in [-0.25, -0.2) is 4.79 Å². The Labute approximate surface area is 125 Å². The molecule has 0 unspecified atom stereocenters. The van der Waals surface area contributed by atoms with Crippen LogP contribution < -0.4 is 5.32 Å². The molecule has 0 atom stereocenters. The van der Waals surface area contributed by atoms with Crippen LogP contribution in [-0.4, -0.2) is 55.4 Å². The first-order chi connectivity index (χ1) is 10.0. The van der Waals surface area contributed by atoms with Gasteiger partial charge in [0, 0.05) is 26.7 Å². The molecule has 6 heteroatoms. The fourth-order valence-electron chi connectivity index (χ4n) is 2.65. The summed E-state index contributed by atoms with van der Waals surface area (Å²) in [5, 5.41) is 11.8.